The van der Waals surface area contributed by atoms with Gasteiger partial charge in [0.25, 0.3) is 0 Å². The minimum absolute atomic E-state index is 0.0215. The number of imidazole rings is 1. The van der Waals surface area contributed by atoms with Crippen LogP contribution < -0.4 is 10.6 Å². The van der Waals surface area contributed by atoms with Gasteiger partial charge in [0.2, 0.25) is 5.91 Å². The normalized spacial score (nSPS) is 15.8. The van der Waals surface area contributed by atoms with Crippen molar-refractivity contribution in [2.24, 2.45) is 10.3 Å². The predicted octanol–water partition coefficient (Wildman–Crippen LogP) is 3.44. The first-order chi connectivity index (χ1) is 13.4. The van der Waals surface area contributed by atoms with E-state index in [0.29, 0.717) is 39.1 Å². The summed E-state index contributed by atoms with van der Waals surface area (Å²) >= 11 is 0. The number of amides is 1. The minimum atomic E-state index is -2.53. The standard InChI is InChI=1S/C19H22N6O2S/c1-11-21-17-14(23-13-6-4-5-7-15(13)28(3,27)20-2)10-16(24-18(17)22-11)25-19(26)12-8-9-12/h4-7,10,12H,8-9H2,1-3H3,(H3,21,22,23,24,25,26)/t28-/m0/s1. The fourth-order valence-corrected chi connectivity index (χ4v) is 4.04. The summed E-state index contributed by atoms with van der Waals surface area (Å²) in [6.45, 7) is 1.84. The lowest BCUT2D eigenvalue weighted by atomic mass is 10.2. The van der Waals surface area contributed by atoms with E-state index in [1.807, 2.05) is 25.1 Å². The highest BCUT2D eigenvalue weighted by Crippen LogP contribution is 2.33. The van der Waals surface area contributed by atoms with Gasteiger partial charge in [-0.05, 0) is 31.9 Å². The first-order valence-electron chi connectivity index (χ1n) is 9.02. The lowest BCUT2D eigenvalue weighted by Crippen LogP contribution is -2.14. The van der Waals surface area contributed by atoms with Crippen LogP contribution in [0.5, 0.6) is 0 Å². The maximum absolute atomic E-state index is 12.8. The zero-order valence-electron chi connectivity index (χ0n) is 15.9. The molecule has 1 aromatic carbocycles. The molecule has 2 heterocycles. The van der Waals surface area contributed by atoms with Gasteiger partial charge in [-0.3, -0.25) is 4.79 Å². The second kappa shape index (κ2) is 6.90. The van der Waals surface area contributed by atoms with E-state index in [1.54, 1.807) is 25.4 Å². The van der Waals surface area contributed by atoms with Gasteiger partial charge in [-0.25, -0.2) is 18.5 Å². The van der Waals surface area contributed by atoms with Gasteiger partial charge in [0.05, 0.1) is 26.0 Å². The van der Waals surface area contributed by atoms with Gasteiger partial charge in [-0.1, -0.05) is 12.1 Å². The summed E-state index contributed by atoms with van der Waals surface area (Å²) in [6, 6.07) is 9.10. The Labute approximate surface area is 163 Å². The molecule has 3 aromatic rings. The number of hydrogen-bond acceptors (Lipinski definition) is 6. The molecule has 1 aliphatic rings. The number of fused-ring (bicyclic) bond motifs is 1. The molecular formula is C19H22N6O2S. The van der Waals surface area contributed by atoms with Crippen LogP contribution in [0.4, 0.5) is 17.2 Å². The SMILES string of the molecule is CN=[S@@](C)(=O)c1ccccc1Nc1cc(NC(=O)C2CC2)nc2nc(C)[nH]c12. The maximum atomic E-state index is 12.8. The Hall–Kier alpha value is -2.94. The van der Waals surface area contributed by atoms with E-state index >= 15 is 0 Å². The van der Waals surface area contributed by atoms with Crippen LogP contribution in [0.15, 0.2) is 39.6 Å². The third-order valence-electron chi connectivity index (χ3n) is 4.69. The monoisotopic (exact) mass is 398 g/mol. The highest BCUT2D eigenvalue weighted by Gasteiger charge is 2.30. The molecule has 0 radical (unpaired) electrons. The number of anilines is 3. The van der Waals surface area contributed by atoms with Crippen LogP contribution in [-0.4, -0.2) is 38.4 Å². The molecule has 0 bridgehead atoms. The molecule has 4 rings (SSSR count). The molecule has 1 aliphatic carbocycles. The Morgan fingerprint density at radius 1 is 1.25 bits per heavy atom. The van der Waals surface area contributed by atoms with Gasteiger partial charge in [0.1, 0.15) is 17.2 Å². The van der Waals surface area contributed by atoms with Crippen LogP contribution in [0, 0.1) is 12.8 Å². The Morgan fingerprint density at radius 2 is 2.00 bits per heavy atom. The molecule has 8 nitrogen and oxygen atoms in total. The molecule has 28 heavy (non-hydrogen) atoms. The van der Waals surface area contributed by atoms with Crippen LogP contribution in [0.3, 0.4) is 0 Å². The van der Waals surface area contributed by atoms with Crippen LogP contribution in [0.1, 0.15) is 18.7 Å². The number of para-hydroxylation sites is 1. The number of aromatic amines is 1. The van der Waals surface area contributed by atoms with Gasteiger partial charge >= 0.3 is 0 Å². The van der Waals surface area contributed by atoms with Gasteiger partial charge in [-0.2, -0.15) is 0 Å². The highest BCUT2D eigenvalue weighted by atomic mass is 32.2. The van der Waals surface area contributed by atoms with Crippen molar-refractivity contribution in [3.05, 3.63) is 36.2 Å². The third-order valence-corrected chi connectivity index (χ3v) is 6.56. The lowest BCUT2D eigenvalue weighted by Gasteiger charge is -2.14. The van der Waals surface area contributed by atoms with Crippen molar-refractivity contribution in [3.8, 4) is 0 Å². The average molecular weight is 398 g/mol. The van der Waals surface area contributed by atoms with E-state index in [9.17, 15) is 9.00 Å². The van der Waals surface area contributed by atoms with E-state index in [1.165, 1.54) is 0 Å². The number of hydrogen-bond donors (Lipinski definition) is 3. The number of H-pyrrole nitrogens is 1. The fraction of sp³-hybridized carbons (Fsp3) is 0.316. The first-order valence-corrected chi connectivity index (χ1v) is 10.9. The minimum Gasteiger partial charge on any atom is -0.353 e. The van der Waals surface area contributed by atoms with Crippen LogP contribution in [-0.2, 0) is 14.5 Å². The van der Waals surface area contributed by atoms with Crippen LogP contribution in [0.25, 0.3) is 11.2 Å². The summed E-state index contributed by atoms with van der Waals surface area (Å²) in [7, 11) is -0.979. The molecule has 0 spiro atoms. The van der Waals surface area contributed by atoms with Crippen molar-refractivity contribution in [1.82, 2.24) is 15.0 Å². The molecule has 0 saturated heterocycles. The average Bonchev–Trinajstić information content (AvgIpc) is 3.44. The molecule has 0 aliphatic heterocycles. The zero-order chi connectivity index (χ0) is 19.9. The molecule has 9 heteroatoms. The molecule has 0 unspecified atom stereocenters. The second-order valence-corrected chi connectivity index (χ2v) is 9.36. The molecule has 1 fully saturated rings. The van der Waals surface area contributed by atoms with Crippen LogP contribution >= 0.6 is 0 Å². The number of carbonyl (C=O) groups is 1. The number of pyridine rings is 1. The van der Waals surface area contributed by atoms with Crippen molar-refractivity contribution in [3.63, 3.8) is 0 Å². The third kappa shape index (κ3) is 3.57. The largest absolute Gasteiger partial charge is 0.353 e. The van der Waals surface area contributed by atoms with E-state index in [0.717, 1.165) is 12.8 Å². The van der Waals surface area contributed by atoms with Crippen molar-refractivity contribution in [2.45, 2.75) is 24.7 Å². The Bertz CT molecular complexity index is 1190. The van der Waals surface area contributed by atoms with Crippen molar-refractivity contribution >= 4 is 44.0 Å². The fourth-order valence-electron chi connectivity index (χ4n) is 2.98. The lowest BCUT2D eigenvalue weighted by molar-refractivity contribution is -0.117. The Kier molecular flexibility index (Phi) is 4.54. The summed E-state index contributed by atoms with van der Waals surface area (Å²) in [4.78, 5) is 24.8. The molecule has 146 valence electrons. The summed E-state index contributed by atoms with van der Waals surface area (Å²) in [5.74, 6) is 1.21. The van der Waals surface area contributed by atoms with Gasteiger partial charge in [-0.15, -0.1) is 0 Å². The molecule has 1 amide bonds. The van der Waals surface area contributed by atoms with E-state index < -0.39 is 9.73 Å². The number of nitrogens with zero attached hydrogens (tertiary/aromatic N) is 3. The number of carbonyl (C=O) groups excluding carboxylic acids is 1. The van der Waals surface area contributed by atoms with Crippen molar-refractivity contribution in [1.29, 1.82) is 0 Å². The number of rotatable bonds is 5. The van der Waals surface area contributed by atoms with Gasteiger partial charge in [0.15, 0.2) is 5.65 Å². The van der Waals surface area contributed by atoms with Crippen molar-refractivity contribution in [2.75, 3.05) is 23.9 Å². The highest BCUT2D eigenvalue weighted by molar-refractivity contribution is 7.93. The maximum Gasteiger partial charge on any atom is 0.228 e. The quantitative estimate of drug-likeness (QED) is 0.609. The smallest absolute Gasteiger partial charge is 0.228 e. The number of benzene rings is 1. The second-order valence-electron chi connectivity index (χ2n) is 6.95. The number of nitrogens with one attached hydrogen (secondary N) is 3. The Balaban J connectivity index is 1.78. The summed E-state index contributed by atoms with van der Waals surface area (Å²) in [5, 5.41) is 6.19. The summed E-state index contributed by atoms with van der Waals surface area (Å²) < 4.78 is 16.9. The Morgan fingerprint density at radius 3 is 2.71 bits per heavy atom. The van der Waals surface area contributed by atoms with E-state index in [4.69, 9.17) is 0 Å². The number of aromatic nitrogens is 3. The molecule has 2 aromatic heterocycles. The van der Waals surface area contributed by atoms with E-state index in [2.05, 4.69) is 29.9 Å². The zero-order valence-corrected chi connectivity index (χ0v) is 16.8. The van der Waals surface area contributed by atoms with Gasteiger partial charge in [0, 0.05) is 25.3 Å². The number of aryl methyl sites for hydroxylation is 1. The molecule has 3 N–H and O–H groups in total. The van der Waals surface area contributed by atoms with Gasteiger partial charge < -0.3 is 15.6 Å². The molecular weight excluding hydrogens is 376 g/mol. The summed E-state index contributed by atoms with van der Waals surface area (Å²) in [5.41, 5.74) is 2.59. The summed E-state index contributed by atoms with van der Waals surface area (Å²) in [6.07, 6.45) is 3.44. The first kappa shape index (κ1) is 18.4. The topological polar surface area (TPSA) is 112 Å². The van der Waals surface area contributed by atoms with Crippen molar-refractivity contribution < 1.29 is 9.00 Å². The van der Waals surface area contributed by atoms with Crippen LogP contribution in [0.2, 0.25) is 0 Å². The molecule has 1 atom stereocenters. The molecule has 1 saturated carbocycles. The predicted molar refractivity (Wildman–Crippen MR) is 110 cm³/mol. The van der Waals surface area contributed by atoms with E-state index in [-0.39, 0.29) is 11.8 Å².